The molecule has 0 amide bonds. The molecule has 24 heavy (non-hydrogen) atoms. The molecular weight excluding hydrogens is 304 g/mol. The van der Waals surface area contributed by atoms with Crippen LogP contribution in [0.1, 0.15) is 44.2 Å². The van der Waals surface area contributed by atoms with E-state index in [2.05, 4.69) is 39.7 Å². The molecule has 0 spiro atoms. The van der Waals surface area contributed by atoms with Gasteiger partial charge in [0.25, 0.3) is 0 Å². The Morgan fingerprint density at radius 1 is 1.17 bits per heavy atom. The molecule has 1 fully saturated rings. The van der Waals surface area contributed by atoms with Gasteiger partial charge in [-0.25, -0.2) is 4.68 Å². The highest BCUT2D eigenvalue weighted by atomic mass is 16.4. The summed E-state index contributed by atoms with van der Waals surface area (Å²) in [6.07, 6.45) is 4.08. The van der Waals surface area contributed by atoms with E-state index in [0.717, 1.165) is 30.1 Å². The zero-order valence-corrected chi connectivity index (χ0v) is 13.8. The lowest BCUT2D eigenvalue weighted by molar-refractivity contribution is 0.131. The van der Waals surface area contributed by atoms with Crippen molar-refractivity contribution < 1.29 is 4.42 Å². The van der Waals surface area contributed by atoms with E-state index in [-0.39, 0.29) is 0 Å². The Morgan fingerprint density at radius 2 is 1.96 bits per heavy atom. The molecule has 1 saturated carbocycles. The van der Waals surface area contributed by atoms with E-state index in [1.165, 1.54) is 0 Å². The highest BCUT2D eigenvalue weighted by Gasteiger charge is 2.39. The summed E-state index contributed by atoms with van der Waals surface area (Å²) in [6, 6.07) is 10.3. The van der Waals surface area contributed by atoms with Crippen LogP contribution in [-0.2, 0) is 6.54 Å². The van der Waals surface area contributed by atoms with Gasteiger partial charge in [-0.15, -0.1) is 10.2 Å². The molecule has 4 rings (SSSR count). The summed E-state index contributed by atoms with van der Waals surface area (Å²) in [6.45, 7) is 5.01. The molecule has 0 radical (unpaired) electrons. The van der Waals surface area contributed by atoms with Gasteiger partial charge in [-0.2, -0.15) is 0 Å². The Kier molecular flexibility index (Phi) is 3.55. The molecule has 1 aliphatic rings. The summed E-state index contributed by atoms with van der Waals surface area (Å²) >= 11 is 0. The van der Waals surface area contributed by atoms with Gasteiger partial charge in [0.05, 0.1) is 18.4 Å². The molecule has 0 bridgehead atoms. The van der Waals surface area contributed by atoms with Gasteiger partial charge in [-0.3, -0.25) is 0 Å². The van der Waals surface area contributed by atoms with Crippen LogP contribution in [0.4, 0.5) is 6.01 Å². The van der Waals surface area contributed by atoms with Crippen molar-refractivity contribution in [3.05, 3.63) is 48.1 Å². The molecule has 7 nitrogen and oxygen atoms in total. The normalized spacial score (nSPS) is 16.8. The number of hydrogen-bond donors (Lipinski definition) is 1. The lowest BCUT2D eigenvalue weighted by Crippen LogP contribution is -2.29. The van der Waals surface area contributed by atoms with Crippen molar-refractivity contribution in [2.24, 2.45) is 5.41 Å². The van der Waals surface area contributed by atoms with E-state index >= 15 is 0 Å². The minimum absolute atomic E-state index is 0.391. The van der Waals surface area contributed by atoms with Crippen LogP contribution in [0.5, 0.6) is 0 Å². The first-order valence-corrected chi connectivity index (χ1v) is 8.13. The van der Waals surface area contributed by atoms with Crippen LogP contribution in [0, 0.1) is 5.41 Å². The standard InChI is InChI=1S/C17H20N6O/c1-17(2)8-12(9-17)15-20-21-16(24-15)18-10-13-11-23(22-19-13)14-6-4-3-5-7-14/h3-7,11-12H,8-10H2,1-2H3,(H,18,21). The fourth-order valence-corrected chi connectivity index (χ4v) is 3.17. The monoisotopic (exact) mass is 324 g/mol. The Labute approximate surface area is 140 Å². The minimum atomic E-state index is 0.391. The highest BCUT2D eigenvalue weighted by molar-refractivity contribution is 5.30. The maximum atomic E-state index is 5.71. The molecule has 1 aromatic carbocycles. The topological polar surface area (TPSA) is 81.7 Å². The van der Waals surface area contributed by atoms with Crippen LogP contribution in [0.25, 0.3) is 5.69 Å². The Balaban J connectivity index is 1.36. The third kappa shape index (κ3) is 3.02. The van der Waals surface area contributed by atoms with Crippen molar-refractivity contribution >= 4 is 6.01 Å². The zero-order valence-electron chi connectivity index (χ0n) is 13.8. The second-order valence-electron chi connectivity index (χ2n) is 7.06. The number of benzene rings is 1. The van der Waals surface area contributed by atoms with Crippen molar-refractivity contribution in [3.63, 3.8) is 0 Å². The minimum Gasteiger partial charge on any atom is -0.408 e. The molecule has 1 aliphatic carbocycles. The van der Waals surface area contributed by atoms with Gasteiger partial charge in [0.1, 0.15) is 5.69 Å². The number of nitrogens with zero attached hydrogens (tertiary/aromatic N) is 5. The van der Waals surface area contributed by atoms with E-state index in [0.29, 0.717) is 23.9 Å². The summed E-state index contributed by atoms with van der Waals surface area (Å²) in [7, 11) is 0. The molecule has 2 aromatic heterocycles. The summed E-state index contributed by atoms with van der Waals surface area (Å²) < 4.78 is 7.45. The predicted molar refractivity (Wildman–Crippen MR) is 88.7 cm³/mol. The van der Waals surface area contributed by atoms with Crippen molar-refractivity contribution in [1.82, 2.24) is 25.2 Å². The number of rotatable bonds is 5. The van der Waals surface area contributed by atoms with Crippen LogP contribution in [0.3, 0.4) is 0 Å². The Hall–Kier alpha value is -2.70. The first-order valence-electron chi connectivity index (χ1n) is 8.13. The summed E-state index contributed by atoms with van der Waals surface area (Å²) in [5.74, 6) is 1.12. The second kappa shape index (κ2) is 5.74. The molecule has 0 saturated heterocycles. The molecule has 0 atom stereocenters. The molecule has 3 aromatic rings. The van der Waals surface area contributed by atoms with Crippen LogP contribution >= 0.6 is 0 Å². The molecule has 2 heterocycles. The zero-order chi connectivity index (χ0) is 16.6. The van der Waals surface area contributed by atoms with Gasteiger partial charge in [0.2, 0.25) is 5.89 Å². The first kappa shape index (κ1) is 14.9. The van der Waals surface area contributed by atoms with Crippen molar-refractivity contribution in [2.75, 3.05) is 5.32 Å². The first-order chi connectivity index (χ1) is 11.6. The van der Waals surface area contributed by atoms with Crippen LogP contribution < -0.4 is 5.32 Å². The highest BCUT2D eigenvalue weighted by Crippen LogP contribution is 2.50. The van der Waals surface area contributed by atoms with Gasteiger partial charge >= 0.3 is 6.01 Å². The molecule has 124 valence electrons. The van der Waals surface area contributed by atoms with E-state index in [9.17, 15) is 0 Å². The fourth-order valence-electron chi connectivity index (χ4n) is 3.17. The van der Waals surface area contributed by atoms with Crippen molar-refractivity contribution in [2.45, 2.75) is 39.2 Å². The SMILES string of the molecule is CC1(C)CC(c2nnc(NCc3cn(-c4ccccc4)nn3)o2)C1. The number of para-hydroxylation sites is 1. The molecule has 7 heteroatoms. The molecule has 0 unspecified atom stereocenters. The summed E-state index contributed by atoms with van der Waals surface area (Å²) in [4.78, 5) is 0. The lowest BCUT2D eigenvalue weighted by atomic mass is 9.64. The van der Waals surface area contributed by atoms with Crippen LogP contribution in [0.15, 0.2) is 40.9 Å². The maximum Gasteiger partial charge on any atom is 0.315 e. The van der Waals surface area contributed by atoms with Gasteiger partial charge in [-0.05, 0) is 30.4 Å². The maximum absolute atomic E-state index is 5.71. The Morgan fingerprint density at radius 3 is 2.71 bits per heavy atom. The number of nitrogens with one attached hydrogen (secondary N) is 1. The number of anilines is 1. The van der Waals surface area contributed by atoms with Crippen LogP contribution in [-0.4, -0.2) is 25.2 Å². The molecular formula is C17H20N6O. The van der Waals surface area contributed by atoms with E-state index in [1.54, 1.807) is 4.68 Å². The third-order valence-corrected chi connectivity index (χ3v) is 4.37. The fraction of sp³-hybridized carbons (Fsp3) is 0.412. The molecule has 0 aliphatic heterocycles. The molecule has 1 N–H and O–H groups in total. The quantitative estimate of drug-likeness (QED) is 0.776. The van der Waals surface area contributed by atoms with Gasteiger partial charge in [0, 0.05) is 5.92 Å². The van der Waals surface area contributed by atoms with Crippen molar-refractivity contribution in [1.29, 1.82) is 0 Å². The van der Waals surface area contributed by atoms with Crippen molar-refractivity contribution in [3.8, 4) is 5.69 Å². The Bertz CT molecular complexity index is 814. The van der Waals surface area contributed by atoms with Gasteiger partial charge in [-0.1, -0.05) is 42.4 Å². The predicted octanol–water partition coefficient (Wildman–Crippen LogP) is 3.17. The van der Waals surface area contributed by atoms with Gasteiger partial charge < -0.3 is 9.73 Å². The lowest BCUT2D eigenvalue weighted by Gasteiger charge is -2.40. The summed E-state index contributed by atoms with van der Waals surface area (Å²) in [5, 5.41) is 19.6. The van der Waals surface area contributed by atoms with Crippen LogP contribution in [0.2, 0.25) is 0 Å². The second-order valence-corrected chi connectivity index (χ2v) is 7.06. The van der Waals surface area contributed by atoms with Gasteiger partial charge in [0.15, 0.2) is 0 Å². The smallest absolute Gasteiger partial charge is 0.315 e. The summed E-state index contributed by atoms with van der Waals surface area (Å²) in [5.41, 5.74) is 2.18. The largest absolute Gasteiger partial charge is 0.408 e. The van der Waals surface area contributed by atoms with E-state index in [4.69, 9.17) is 4.42 Å². The average molecular weight is 324 g/mol. The third-order valence-electron chi connectivity index (χ3n) is 4.37. The van der Waals surface area contributed by atoms with E-state index in [1.807, 2.05) is 36.5 Å². The van der Waals surface area contributed by atoms with E-state index < -0.39 is 0 Å². The number of hydrogen-bond acceptors (Lipinski definition) is 6. The average Bonchev–Trinajstić information content (AvgIpc) is 3.21. The number of aromatic nitrogens is 5.